The maximum absolute atomic E-state index is 5.51. The number of rotatable bonds is 5. The highest BCUT2D eigenvalue weighted by Crippen LogP contribution is 2.17. The van der Waals surface area contributed by atoms with Gasteiger partial charge in [-0.05, 0) is 57.3 Å². The van der Waals surface area contributed by atoms with Crippen molar-refractivity contribution in [3.05, 3.63) is 36.9 Å². The number of likely N-dealkylation sites (tertiary alicyclic amines) is 1. The molecule has 1 saturated heterocycles. The molecule has 1 fully saturated rings. The van der Waals surface area contributed by atoms with Gasteiger partial charge < -0.3 is 20.3 Å². The molecule has 2 rings (SSSR count). The maximum atomic E-state index is 5.51. The Balaban J connectivity index is 1.83. The maximum Gasteiger partial charge on any atom is 0.170 e. The van der Waals surface area contributed by atoms with E-state index in [1.165, 1.54) is 0 Å². The van der Waals surface area contributed by atoms with E-state index in [4.69, 9.17) is 17.0 Å². The number of nitrogens with zero attached hydrogens (tertiary/aromatic N) is 1. The Kier molecular flexibility index (Phi) is 6.02. The van der Waals surface area contributed by atoms with Gasteiger partial charge in [-0.15, -0.1) is 0 Å². The van der Waals surface area contributed by atoms with E-state index in [1.807, 2.05) is 24.3 Å². The van der Waals surface area contributed by atoms with E-state index in [-0.39, 0.29) is 0 Å². The third-order valence-electron chi connectivity index (χ3n) is 3.51. The van der Waals surface area contributed by atoms with Crippen LogP contribution in [0.5, 0.6) is 5.75 Å². The predicted octanol–water partition coefficient (Wildman–Crippen LogP) is 2.63. The summed E-state index contributed by atoms with van der Waals surface area (Å²) in [4.78, 5) is 2.34. The van der Waals surface area contributed by atoms with Gasteiger partial charge in [-0.3, -0.25) is 0 Å². The molecular weight excluding hydrogens is 282 g/mol. The number of piperidine rings is 1. The lowest BCUT2D eigenvalue weighted by Gasteiger charge is -2.30. The van der Waals surface area contributed by atoms with Gasteiger partial charge >= 0.3 is 0 Å². The summed E-state index contributed by atoms with van der Waals surface area (Å²) < 4.78 is 5.51. The summed E-state index contributed by atoms with van der Waals surface area (Å²) in [6.07, 6.45) is 3.98. The molecule has 0 amide bonds. The Hall–Kier alpha value is -1.59. The van der Waals surface area contributed by atoms with Crippen LogP contribution in [-0.2, 0) is 0 Å². The molecule has 0 aromatic heterocycles. The summed E-state index contributed by atoms with van der Waals surface area (Å²) in [6, 6.07) is 8.23. The fourth-order valence-corrected chi connectivity index (χ4v) is 2.61. The zero-order valence-electron chi connectivity index (χ0n) is 12.5. The molecule has 1 aliphatic heterocycles. The van der Waals surface area contributed by atoms with Crippen LogP contribution in [0.25, 0.3) is 0 Å². The molecule has 1 aliphatic rings. The van der Waals surface area contributed by atoms with Crippen molar-refractivity contribution < 1.29 is 4.74 Å². The minimum Gasteiger partial charge on any atom is -0.489 e. The molecule has 1 aromatic rings. The molecule has 0 spiro atoms. The average Bonchev–Trinajstić information content (AvgIpc) is 2.48. The standard InChI is InChI=1S/C16H23N3OS/c1-3-11-20-15-6-4-5-14(12-15)18-16(21)17-13-7-9-19(2)10-8-13/h3-6,12-13H,1,7-11H2,2H3,(H2,17,18,21). The molecule has 0 radical (unpaired) electrons. The number of benzene rings is 1. The summed E-state index contributed by atoms with van der Waals surface area (Å²) >= 11 is 5.38. The molecule has 0 aliphatic carbocycles. The van der Waals surface area contributed by atoms with Crippen molar-refractivity contribution in [2.75, 3.05) is 32.1 Å². The molecule has 21 heavy (non-hydrogen) atoms. The number of ether oxygens (including phenoxy) is 1. The second-order valence-electron chi connectivity index (χ2n) is 5.30. The van der Waals surface area contributed by atoms with Crippen molar-refractivity contribution in [2.24, 2.45) is 0 Å². The van der Waals surface area contributed by atoms with Gasteiger partial charge in [0.25, 0.3) is 0 Å². The SMILES string of the molecule is C=CCOc1cccc(NC(=S)NC2CCN(C)CC2)c1. The third-order valence-corrected chi connectivity index (χ3v) is 3.73. The summed E-state index contributed by atoms with van der Waals surface area (Å²) in [5, 5.41) is 7.28. The van der Waals surface area contributed by atoms with Crippen molar-refractivity contribution in [1.29, 1.82) is 0 Å². The van der Waals surface area contributed by atoms with Crippen LogP contribution in [0.15, 0.2) is 36.9 Å². The zero-order valence-corrected chi connectivity index (χ0v) is 13.3. The van der Waals surface area contributed by atoms with Gasteiger partial charge in [0.15, 0.2) is 5.11 Å². The fraction of sp³-hybridized carbons (Fsp3) is 0.438. The van der Waals surface area contributed by atoms with Crippen LogP contribution in [0.1, 0.15) is 12.8 Å². The first kappa shape index (κ1) is 15.8. The highest BCUT2D eigenvalue weighted by atomic mass is 32.1. The lowest BCUT2D eigenvalue weighted by atomic mass is 10.1. The number of nitrogens with one attached hydrogen (secondary N) is 2. The van der Waals surface area contributed by atoms with Crippen LogP contribution in [0, 0.1) is 0 Å². The van der Waals surface area contributed by atoms with E-state index < -0.39 is 0 Å². The van der Waals surface area contributed by atoms with Crippen LogP contribution < -0.4 is 15.4 Å². The Morgan fingerprint density at radius 3 is 2.95 bits per heavy atom. The first-order valence-electron chi connectivity index (χ1n) is 7.27. The summed E-state index contributed by atoms with van der Waals surface area (Å²) in [7, 11) is 2.15. The second kappa shape index (κ2) is 8.00. The Morgan fingerprint density at radius 1 is 1.48 bits per heavy atom. The first-order chi connectivity index (χ1) is 10.2. The van der Waals surface area contributed by atoms with Crippen molar-refractivity contribution in [1.82, 2.24) is 10.2 Å². The molecule has 0 bridgehead atoms. The number of hydrogen-bond donors (Lipinski definition) is 2. The number of anilines is 1. The van der Waals surface area contributed by atoms with Crippen LogP contribution in [0.2, 0.25) is 0 Å². The van der Waals surface area contributed by atoms with Crippen molar-refractivity contribution in [3.8, 4) is 5.75 Å². The molecule has 114 valence electrons. The normalized spacial score (nSPS) is 16.2. The lowest BCUT2D eigenvalue weighted by Crippen LogP contribution is -2.44. The predicted molar refractivity (Wildman–Crippen MR) is 92.0 cm³/mol. The molecule has 0 saturated carbocycles. The molecule has 1 heterocycles. The van der Waals surface area contributed by atoms with Gasteiger partial charge in [0, 0.05) is 17.8 Å². The molecule has 0 unspecified atom stereocenters. The minimum atomic E-state index is 0.460. The first-order valence-corrected chi connectivity index (χ1v) is 7.68. The number of hydrogen-bond acceptors (Lipinski definition) is 3. The quantitative estimate of drug-likeness (QED) is 0.646. The summed E-state index contributed by atoms with van der Waals surface area (Å²) in [5.41, 5.74) is 0.932. The van der Waals surface area contributed by atoms with E-state index >= 15 is 0 Å². The largest absolute Gasteiger partial charge is 0.489 e. The van der Waals surface area contributed by atoms with Crippen LogP contribution in [-0.4, -0.2) is 42.8 Å². The molecule has 4 nitrogen and oxygen atoms in total. The number of thiocarbonyl (C=S) groups is 1. The molecule has 2 N–H and O–H groups in total. The van der Waals surface area contributed by atoms with E-state index in [9.17, 15) is 0 Å². The fourth-order valence-electron chi connectivity index (χ4n) is 2.32. The summed E-state index contributed by atoms with van der Waals surface area (Å²) in [6.45, 7) is 6.38. The van der Waals surface area contributed by atoms with Gasteiger partial charge in [0.2, 0.25) is 0 Å². The van der Waals surface area contributed by atoms with Crippen molar-refractivity contribution in [2.45, 2.75) is 18.9 Å². The van der Waals surface area contributed by atoms with Crippen molar-refractivity contribution >= 4 is 23.0 Å². The average molecular weight is 305 g/mol. The highest BCUT2D eigenvalue weighted by molar-refractivity contribution is 7.80. The van der Waals surface area contributed by atoms with Crippen molar-refractivity contribution in [3.63, 3.8) is 0 Å². The van der Waals surface area contributed by atoms with Gasteiger partial charge in [-0.1, -0.05) is 18.7 Å². The van der Waals surface area contributed by atoms with Crippen LogP contribution >= 0.6 is 12.2 Å². The zero-order chi connectivity index (χ0) is 15.1. The Labute approximate surface area is 132 Å². The highest BCUT2D eigenvalue weighted by Gasteiger charge is 2.17. The van der Waals surface area contributed by atoms with Crippen LogP contribution in [0.4, 0.5) is 5.69 Å². The second-order valence-corrected chi connectivity index (χ2v) is 5.71. The molecule has 5 heteroatoms. The van der Waals surface area contributed by atoms with Gasteiger partial charge in [-0.2, -0.15) is 0 Å². The molecule has 0 atom stereocenters. The van der Waals surface area contributed by atoms with Gasteiger partial charge in [0.1, 0.15) is 12.4 Å². The van der Waals surface area contributed by atoms with E-state index in [0.717, 1.165) is 37.4 Å². The smallest absolute Gasteiger partial charge is 0.170 e. The van der Waals surface area contributed by atoms with E-state index in [2.05, 4.69) is 29.2 Å². The van der Waals surface area contributed by atoms with E-state index in [1.54, 1.807) is 6.08 Å². The molecular formula is C16H23N3OS. The minimum absolute atomic E-state index is 0.460. The van der Waals surface area contributed by atoms with Gasteiger partial charge in [0.05, 0.1) is 0 Å². The topological polar surface area (TPSA) is 36.5 Å². The lowest BCUT2D eigenvalue weighted by molar-refractivity contribution is 0.247. The van der Waals surface area contributed by atoms with Crippen LogP contribution in [0.3, 0.4) is 0 Å². The Bertz CT molecular complexity index is 484. The molecule has 1 aromatic carbocycles. The monoisotopic (exact) mass is 305 g/mol. The third kappa shape index (κ3) is 5.36. The Morgan fingerprint density at radius 2 is 2.24 bits per heavy atom. The van der Waals surface area contributed by atoms with E-state index in [0.29, 0.717) is 17.8 Å². The van der Waals surface area contributed by atoms with Gasteiger partial charge in [-0.25, -0.2) is 0 Å². The summed E-state index contributed by atoms with van der Waals surface area (Å²) in [5.74, 6) is 0.807.